The van der Waals surface area contributed by atoms with Gasteiger partial charge in [0.2, 0.25) is 0 Å². The third-order valence-electron chi connectivity index (χ3n) is 5.51. The molecule has 1 aromatic carbocycles. The Bertz CT molecular complexity index is 721. The van der Waals surface area contributed by atoms with Crippen molar-refractivity contribution < 1.29 is 4.79 Å². The lowest BCUT2D eigenvalue weighted by atomic mass is 10.0. The second-order valence-corrected chi connectivity index (χ2v) is 6.81. The molecule has 2 heterocycles. The molecular formula is C18H23N3O. The van der Waals surface area contributed by atoms with Gasteiger partial charge < -0.3 is 4.90 Å². The van der Waals surface area contributed by atoms with E-state index in [0.717, 1.165) is 22.7 Å². The van der Waals surface area contributed by atoms with E-state index in [1.165, 1.54) is 38.0 Å². The van der Waals surface area contributed by atoms with Gasteiger partial charge in [-0.2, -0.15) is 5.10 Å². The third kappa shape index (κ3) is 2.04. The van der Waals surface area contributed by atoms with Gasteiger partial charge in [-0.05, 0) is 42.9 Å². The monoisotopic (exact) mass is 297 g/mol. The summed E-state index contributed by atoms with van der Waals surface area (Å²) >= 11 is 0. The van der Waals surface area contributed by atoms with Crippen LogP contribution in [-0.2, 0) is 7.05 Å². The van der Waals surface area contributed by atoms with Gasteiger partial charge in [-0.3, -0.25) is 9.48 Å². The van der Waals surface area contributed by atoms with Crippen LogP contribution in [0.5, 0.6) is 0 Å². The van der Waals surface area contributed by atoms with Gasteiger partial charge >= 0.3 is 0 Å². The van der Waals surface area contributed by atoms with E-state index in [1.807, 2.05) is 18.7 Å². The van der Waals surface area contributed by atoms with E-state index in [4.69, 9.17) is 0 Å². The number of ketones is 1. The van der Waals surface area contributed by atoms with Crippen LogP contribution >= 0.6 is 0 Å². The van der Waals surface area contributed by atoms with E-state index in [0.29, 0.717) is 12.1 Å². The number of carbonyl (C=O) groups is 1. The summed E-state index contributed by atoms with van der Waals surface area (Å²) in [5.41, 5.74) is 2.96. The fourth-order valence-electron chi connectivity index (χ4n) is 4.26. The normalized spacial score (nSPS) is 24.2. The van der Waals surface area contributed by atoms with Gasteiger partial charge in [-0.1, -0.05) is 13.3 Å². The molecule has 4 nitrogen and oxygen atoms in total. The first-order valence-electron chi connectivity index (χ1n) is 8.42. The maximum atomic E-state index is 12.0. The Morgan fingerprint density at radius 1 is 1.27 bits per heavy atom. The second-order valence-electron chi connectivity index (χ2n) is 6.81. The highest BCUT2D eigenvalue weighted by Crippen LogP contribution is 2.40. The predicted octanol–water partition coefficient (Wildman–Crippen LogP) is 3.40. The molecule has 0 unspecified atom stereocenters. The number of nitrogens with zero attached hydrogens (tertiary/aromatic N) is 3. The number of carbonyl (C=O) groups excluding carboxylic acids is 1. The first kappa shape index (κ1) is 13.8. The Balaban J connectivity index is 1.69. The molecule has 0 bridgehead atoms. The van der Waals surface area contributed by atoms with E-state index in [9.17, 15) is 4.79 Å². The van der Waals surface area contributed by atoms with Crippen molar-refractivity contribution in [3.05, 3.63) is 23.9 Å². The Labute approximate surface area is 131 Å². The topological polar surface area (TPSA) is 38.1 Å². The van der Waals surface area contributed by atoms with Crippen LogP contribution in [0.2, 0.25) is 0 Å². The predicted molar refractivity (Wildman–Crippen MR) is 88.4 cm³/mol. The van der Waals surface area contributed by atoms with Gasteiger partial charge in [0.15, 0.2) is 5.78 Å². The van der Waals surface area contributed by atoms with E-state index in [2.05, 4.69) is 28.2 Å². The molecule has 2 atom stereocenters. The number of hydrogen-bond acceptors (Lipinski definition) is 3. The molecule has 1 aliphatic heterocycles. The number of aryl methyl sites for hydroxylation is 1. The summed E-state index contributed by atoms with van der Waals surface area (Å²) in [7, 11) is 1.93. The summed E-state index contributed by atoms with van der Waals surface area (Å²) in [4.78, 5) is 14.5. The zero-order valence-corrected chi connectivity index (χ0v) is 13.4. The minimum Gasteiger partial charge on any atom is -0.371 e. The molecule has 0 amide bonds. The van der Waals surface area contributed by atoms with Crippen LogP contribution in [0.1, 0.15) is 43.1 Å². The lowest BCUT2D eigenvalue weighted by Gasteiger charge is -2.19. The van der Waals surface area contributed by atoms with Crippen LogP contribution in [0.3, 0.4) is 0 Å². The van der Waals surface area contributed by atoms with Crippen molar-refractivity contribution >= 4 is 22.4 Å². The molecule has 4 rings (SSSR count). The van der Waals surface area contributed by atoms with Crippen molar-refractivity contribution in [3.63, 3.8) is 0 Å². The molecule has 1 saturated carbocycles. The number of benzene rings is 1. The van der Waals surface area contributed by atoms with Crippen LogP contribution < -0.4 is 4.90 Å². The zero-order valence-electron chi connectivity index (χ0n) is 13.4. The number of hydrogen-bond donors (Lipinski definition) is 0. The molecule has 1 saturated heterocycles. The Morgan fingerprint density at radius 2 is 2.00 bits per heavy atom. The quantitative estimate of drug-likeness (QED) is 0.815. The van der Waals surface area contributed by atoms with Crippen molar-refractivity contribution in [2.24, 2.45) is 18.9 Å². The summed E-state index contributed by atoms with van der Waals surface area (Å²) < 4.78 is 1.85. The SMILES string of the molecule is CCC(=O)c1nn(C)c2cc(N3C[C@H]4CCC[C@H]4C3)ccc12. The van der Waals surface area contributed by atoms with Crippen molar-refractivity contribution in [2.45, 2.75) is 32.6 Å². The molecule has 2 aromatic rings. The molecule has 1 aliphatic carbocycles. The average Bonchev–Trinajstić information content (AvgIpc) is 3.19. The molecule has 4 heteroatoms. The highest BCUT2D eigenvalue weighted by atomic mass is 16.1. The van der Waals surface area contributed by atoms with Gasteiger partial charge in [0, 0.05) is 37.6 Å². The molecule has 0 radical (unpaired) electrons. The van der Waals surface area contributed by atoms with E-state index >= 15 is 0 Å². The van der Waals surface area contributed by atoms with Crippen LogP contribution in [0.4, 0.5) is 5.69 Å². The molecule has 0 spiro atoms. The highest BCUT2D eigenvalue weighted by molar-refractivity contribution is 6.06. The minimum absolute atomic E-state index is 0.119. The average molecular weight is 297 g/mol. The number of rotatable bonds is 3. The molecule has 116 valence electrons. The molecule has 0 N–H and O–H groups in total. The maximum absolute atomic E-state index is 12.0. The number of fused-ring (bicyclic) bond motifs is 2. The zero-order chi connectivity index (χ0) is 15.3. The number of Topliss-reactive ketones (excluding diaryl/α,β-unsaturated/α-hetero) is 1. The van der Waals surface area contributed by atoms with Crippen LogP contribution in [-0.4, -0.2) is 28.7 Å². The summed E-state index contributed by atoms with van der Waals surface area (Å²) in [6.07, 6.45) is 4.70. The molecule has 2 fully saturated rings. The van der Waals surface area contributed by atoms with Gasteiger partial charge in [0.25, 0.3) is 0 Å². The standard InChI is InChI=1S/C18H23N3O/c1-3-17(22)18-15-8-7-14(9-16(15)20(2)19-18)21-10-12-5-4-6-13(12)11-21/h7-9,12-13H,3-6,10-11H2,1-2H3/t12-,13+. The molecular weight excluding hydrogens is 274 g/mol. The first-order chi connectivity index (χ1) is 10.7. The molecule has 22 heavy (non-hydrogen) atoms. The Morgan fingerprint density at radius 3 is 2.68 bits per heavy atom. The summed E-state index contributed by atoms with van der Waals surface area (Å²) in [6.45, 7) is 4.27. The van der Waals surface area contributed by atoms with Gasteiger partial charge in [0.05, 0.1) is 5.52 Å². The smallest absolute Gasteiger partial charge is 0.183 e. The largest absolute Gasteiger partial charge is 0.371 e. The van der Waals surface area contributed by atoms with E-state index in [1.54, 1.807) is 0 Å². The van der Waals surface area contributed by atoms with Crippen LogP contribution in [0, 0.1) is 11.8 Å². The van der Waals surface area contributed by atoms with Gasteiger partial charge in [-0.15, -0.1) is 0 Å². The number of anilines is 1. The highest BCUT2D eigenvalue weighted by Gasteiger charge is 2.36. The van der Waals surface area contributed by atoms with Crippen molar-refractivity contribution in [2.75, 3.05) is 18.0 Å². The van der Waals surface area contributed by atoms with Crippen LogP contribution in [0.15, 0.2) is 18.2 Å². The molecule has 2 aliphatic rings. The first-order valence-corrected chi connectivity index (χ1v) is 8.42. The fraction of sp³-hybridized carbons (Fsp3) is 0.556. The van der Waals surface area contributed by atoms with E-state index < -0.39 is 0 Å². The minimum atomic E-state index is 0.119. The lowest BCUT2D eigenvalue weighted by Crippen LogP contribution is -2.20. The summed E-state index contributed by atoms with van der Waals surface area (Å²) in [5.74, 6) is 1.90. The van der Waals surface area contributed by atoms with Gasteiger partial charge in [0.1, 0.15) is 5.69 Å². The lowest BCUT2D eigenvalue weighted by molar-refractivity contribution is 0.0984. The summed E-state index contributed by atoms with van der Waals surface area (Å²) in [6, 6.07) is 6.45. The van der Waals surface area contributed by atoms with Crippen molar-refractivity contribution in [1.82, 2.24) is 9.78 Å². The fourth-order valence-corrected chi connectivity index (χ4v) is 4.26. The second kappa shape index (κ2) is 5.11. The van der Waals surface area contributed by atoms with Crippen molar-refractivity contribution in [1.29, 1.82) is 0 Å². The maximum Gasteiger partial charge on any atom is 0.183 e. The molecule has 1 aromatic heterocycles. The summed E-state index contributed by atoms with van der Waals surface area (Å²) in [5, 5.41) is 5.42. The number of aromatic nitrogens is 2. The Hall–Kier alpha value is -1.84. The van der Waals surface area contributed by atoms with Crippen molar-refractivity contribution in [3.8, 4) is 0 Å². The van der Waals surface area contributed by atoms with Gasteiger partial charge in [-0.25, -0.2) is 0 Å². The third-order valence-corrected chi connectivity index (χ3v) is 5.51. The van der Waals surface area contributed by atoms with Crippen LogP contribution in [0.25, 0.3) is 10.9 Å². The van der Waals surface area contributed by atoms with E-state index in [-0.39, 0.29) is 5.78 Å². The Kier molecular flexibility index (Phi) is 3.21.